The van der Waals surface area contributed by atoms with Crippen LogP contribution in [0.3, 0.4) is 0 Å². The van der Waals surface area contributed by atoms with E-state index >= 15 is 0 Å². The van der Waals surface area contributed by atoms with Crippen molar-refractivity contribution in [2.75, 3.05) is 13.6 Å². The van der Waals surface area contributed by atoms with Crippen LogP contribution < -0.4 is 0 Å². The third-order valence-electron chi connectivity index (χ3n) is 2.89. The van der Waals surface area contributed by atoms with E-state index in [9.17, 15) is 9.59 Å². The van der Waals surface area contributed by atoms with Crippen LogP contribution in [0.25, 0.3) is 0 Å². The first kappa shape index (κ1) is 15.1. The highest BCUT2D eigenvalue weighted by atomic mass is 16.4. The van der Waals surface area contributed by atoms with E-state index in [1.165, 1.54) is 9.80 Å². The second-order valence-corrected chi connectivity index (χ2v) is 4.45. The molecule has 0 saturated carbocycles. The smallest absolute Gasteiger partial charge is 0.320 e. The molecule has 0 aliphatic heterocycles. The maximum atomic E-state index is 12.2. The minimum Gasteiger partial charge on any atom is -0.481 e. The van der Waals surface area contributed by atoms with E-state index in [0.717, 1.165) is 0 Å². The van der Waals surface area contributed by atoms with Crippen molar-refractivity contribution in [3.63, 3.8) is 0 Å². The number of carbonyl (C=O) groups excluding carboxylic acids is 1. The fraction of sp³-hybridized carbons (Fsp3) is 0.538. The molecule has 106 valence electrons. The van der Waals surface area contributed by atoms with Crippen LogP contribution in [0.5, 0.6) is 0 Å². The molecule has 2 amide bonds. The minimum atomic E-state index is -0.910. The van der Waals surface area contributed by atoms with Gasteiger partial charge in [0.25, 0.3) is 0 Å². The Morgan fingerprint density at radius 1 is 1.47 bits per heavy atom. The van der Waals surface area contributed by atoms with Crippen molar-refractivity contribution in [3.8, 4) is 0 Å². The second kappa shape index (κ2) is 6.82. The van der Waals surface area contributed by atoms with Crippen molar-refractivity contribution in [3.05, 3.63) is 24.2 Å². The molecule has 1 unspecified atom stereocenters. The molecule has 0 saturated heterocycles. The third kappa shape index (κ3) is 4.31. The van der Waals surface area contributed by atoms with Crippen LogP contribution in [0, 0.1) is 0 Å². The molecular formula is C13H20N2O4. The molecular weight excluding hydrogens is 248 g/mol. The monoisotopic (exact) mass is 268 g/mol. The number of amides is 2. The van der Waals surface area contributed by atoms with Crippen molar-refractivity contribution in [1.29, 1.82) is 0 Å². The Morgan fingerprint density at radius 2 is 2.16 bits per heavy atom. The molecule has 0 spiro atoms. The minimum absolute atomic E-state index is 0.0613. The quantitative estimate of drug-likeness (QED) is 0.856. The van der Waals surface area contributed by atoms with Crippen LogP contribution in [0.1, 0.15) is 26.0 Å². The molecule has 1 N–H and O–H groups in total. The summed E-state index contributed by atoms with van der Waals surface area (Å²) in [4.78, 5) is 26.0. The summed E-state index contributed by atoms with van der Waals surface area (Å²) >= 11 is 0. The average molecular weight is 268 g/mol. The molecule has 1 atom stereocenters. The summed E-state index contributed by atoms with van der Waals surface area (Å²) < 4.78 is 5.19. The molecule has 1 rings (SSSR count). The summed E-state index contributed by atoms with van der Waals surface area (Å²) in [6.45, 7) is 4.39. The molecule has 0 aromatic carbocycles. The first-order chi connectivity index (χ1) is 8.95. The molecule has 0 fully saturated rings. The van der Waals surface area contributed by atoms with Crippen LogP contribution in [0.2, 0.25) is 0 Å². The van der Waals surface area contributed by atoms with Gasteiger partial charge in [0, 0.05) is 19.6 Å². The summed E-state index contributed by atoms with van der Waals surface area (Å²) in [5.41, 5.74) is 0. The number of furan rings is 1. The van der Waals surface area contributed by atoms with Crippen molar-refractivity contribution in [2.24, 2.45) is 0 Å². The summed E-state index contributed by atoms with van der Waals surface area (Å²) in [6, 6.07) is 3.01. The Bertz CT molecular complexity index is 416. The first-order valence-electron chi connectivity index (χ1n) is 6.21. The average Bonchev–Trinajstić information content (AvgIpc) is 2.81. The Labute approximate surface area is 112 Å². The number of hydrogen-bond acceptors (Lipinski definition) is 3. The number of urea groups is 1. The molecule has 0 aliphatic carbocycles. The highest BCUT2D eigenvalue weighted by Gasteiger charge is 2.23. The summed E-state index contributed by atoms with van der Waals surface area (Å²) in [6.07, 6.45) is 1.49. The summed E-state index contributed by atoms with van der Waals surface area (Å²) in [7, 11) is 1.67. The van der Waals surface area contributed by atoms with Crippen molar-refractivity contribution in [1.82, 2.24) is 9.80 Å². The topological polar surface area (TPSA) is 74.0 Å². The lowest BCUT2D eigenvalue weighted by Crippen LogP contribution is -2.46. The predicted molar refractivity (Wildman–Crippen MR) is 69.7 cm³/mol. The van der Waals surface area contributed by atoms with E-state index < -0.39 is 5.97 Å². The van der Waals surface area contributed by atoms with E-state index in [4.69, 9.17) is 9.52 Å². The van der Waals surface area contributed by atoms with Crippen LogP contribution in [-0.2, 0) is 11.3 Å². The van der Waals surface area contributed by atoms with Gasteiger partial charge in [0.05, 0.1) is 19.2 Å². The van der Waals surface area contributed by atoms with Gasteiger partial charge in [-0.25, -0.2) is 4.79 Å². The zero-order valence-corrected chi connectivity index (χ0v) is 11.5. The fourth-order valence-corrected chi connectivity index (χ4v) is 1.92. The second-order valence-electron chi connectivity index (χ2n) is 4.45. The Kier molecular flexibility index (Phi) is 5.41. The number of rotatable bonds is 6. The molecule has 1 aromatic heterocycles. The van der Waals surface area contributed by atoms with Crippen LogP contribution >= 0.6 is 0 Å². The zero-order valence-electron chi connectivity index (χ0n) is 11.5. The molecule has 0 radical (unpaired) electrons. The van der Waals surface area contributed by atoms with Gasteiger partial charge in [-0.1, -0.05) is 0 Å². The highest BCUT2D eigenvalue weighted by Crippen LogP contribution is 2.10. The summed E-state index contributed by atoms with van der Waals surface area (Å²) in [5.74, 6) is -0.217. The SMILES string of the molecule is CCN(C(=O)N(C)Cc1ccco1)C(C)CC(=O)O. The lowest BCUT2D eigenvalue weighted by molar-refractivity contribution is -0.138. The molecule has 6 heteroatoms. The number of carboxylic acids is 1. The van der Waals surface area contributed by atoms with Crippen molar-refractivity contribution < 1.29 is 19.1 Å². The van der Waals surface area contributed by atoms with Gasteiger partial charge in [0.2, 0.25) is 0 Å². The van der Waals surface area contributed by atoms with Gasteiger partial charge in [-0.2, -0.15) is 0 Å². The van der Waals surface area contributed by atoms with E-state index in [2.05, 4.69) is 0 Å². The van der Waals surface area contributed by atoms with E-state index in [0.29, 0.717) is 18.8 Å². The number of carboxylic acid groups (broad SMARTS) is 1. The van der Waals surface area contributed by atoms with Crippen molar-refractivity contribution >= 4 is 12.0 Å². The molecule has 1 aromatic rings. The van der Waals surface area contributed by atoms with E-state index in [1.807, 2.05) is 6.92 Å². The largest absolute Gasteiger partial charge is 0.481 e. The number of aliphatic carboxylic acids is 1. The number of carbonyl (C=O) groups is 2. The van der Waals surface area contributed by atoms with E-state index in [-0.39, 0.29) is 18.5 Å². The Morgan fingerprint density at radius 3 is 2.63 bits per heavy atom. The lowest BCUT2D eigenvalue weighted by atomic mass is 10.2. The third-order valence-corrected chi connectivity index (χ3v) is 2.89. The zero-order chi connectivity index (χ0) is 14.4. The van der Waals surface area contributed by atoms with Gasteiger partial charge in [0.1, 0.15) is 5.76 Å². The number of nitrogens with zero attached hydrogens (tertiary/aromatic N) is 2. The van der Waals surface area contributed by atoms with Gasteiger partial charge in [-0.15, -0.1) is 0 Å². The molecule has 0 bridgehead atoms. The lowest BCUT2D eigenvalue weighted by Gasteiger charge is -2.31. The fourth-order valence-electron chi connectivity index (χ4n) is 1.92. The summed E-state index contributed by atoms with van der Waals surface area (Å²) in [5, 5.41) is 8.79. The number of hydrogen-bond donors (Lipinski definition) is 1. The van der Waals surface area contributed by atoms with Crippen LogP contribution in [0.15, 0.2) is 22.8 Å². The van der Waals surface area contributed by atoms with Crippen LogP contribution in [-0.4, -0.2) is 46.5 Å². The Hall–Kier alpha value is -1.98. The van der Waals surface area contributed by atoms with Crippen molar-refractivity contribution in [2.45, 2.75) is 32.9 Å². The Balaban J connectivity index is 2.64. The maximum Gasteiger partial charge on any atom is 0.320 e. The highest BCUT2D eigenvalue weighted by molar-refractivity contribution is 5.75. The standard InChI is InChI=1S/C13H20N2O4/c1-4-15(10(2)8-12(16)17)13(18)14(3)9-11-6-5-7-19-11/h5-7,10H,4,8-9H2,1-3H3,(H,16,17). The normalized spacial score (nSPS) is 11.9. The molecule has 1 heterocycles. The molecule has 6 nitrogen and oxygen atoms in total. The van der Waals surface area contributed by atoms with Gasteiger partial charge in [-0.3, -0.25) is 4.79 Å². The van der Waals surface area contributed by atoms with Gasteiger partial charge in [0.15, 0.2) is 0 Å². The maximum absolute atomic E-state index is 12.2. The van der Waals surface area contributed by atoms with Gasteiger partial charge < -0.3 is 19.3 Å². The molecule has 19 heavy (non-hydrogen) atoms. The predicted octanol–water partition coefficient (Wildman–Crippen LogP) is 2.02. The first-order valence-corrected chi connectivity index (χ1v) is 6.21. The van der Waals surface area contributed by atoms with Gasteiger partial charge >= 0.3 is 12.0 Å². The molecule has 0 aliphatic rings. The van der Waals surface area contributed by atoms with E-state index in [1.54, 1.807) is 32.4 Å². The van der Waals surface area contributed by atoms with Gasteiger partial charge in [-0.05, 0) is 26.0 Å². The van der Waals surface area contributed by atoms with Crippen LogP contribution in [0.4, 0.5) is 4.79 Å².